The molecule has 0 radical (unpaired) electrons. The predicted octanol–water partition coefficient (Wildman–Crippen LogP) is 3.88. The van der Waals surface area contributed by atoms with Crippen molar-refractivity contribution in [2.75, 3.05) is 0 Å². The van der Waals surface area contributed by atoms with Crippen LogP contribution >= 0.6 is 15.9 Å². The van der Waals surface area contributed by atoms with Gasteiger partial charge in [0.15, 0.2) is 0 Å². The Balaban J connectivity index is 1.90. The van der Waals surface area contributed by atoms with E-state index in [-0.39, 0.29) is 5.82 Å². The van der Waals surface area contributed by atoms with Crippen molar-refractivity contribution in [1.29, 1.82) is 0 Å². The fraction of sp³-hybridized carbons (Fsp3) is 0.143. The second-order valence-corrected chi connectivity index (χ2v) is 4.74. The SMILES string of the molecule is Fc1ccccc1CNCc1cccc(Br)c1. The second-order valence-electron chi connectivity index (χ2n) is 3.82. The summed E-state index contributed by atoms with van der Waals surface area (Å²) in [5, 5.41) is 3.23. The van der Waals surface area contributed by atoms with Gasteiger partial charge in [0.05, 0.1) is 0 Å². The molecule has 0 spiro atoms. The van der Waals surface area contributed by atoms with E-state index in [1.807, 2.05) is 30.3 Å². The van der Waals surface area contributed by atoms with Crippen molar-refractivity contribution in [3.05, 3.63) is 69.9 Å². The Kier molecular flexibility index (Phi) is 4.29. The van der Waals surface area contributed by atoms with E-state index in [9.17, 15) is 4.39 Å². The maximum absolute atomic E-state index is 13.3. The molecule has 0 bridgehead atoms. The monoisotopic (exact) mass is 293 g/mol. The number of rotatable bonds is 4. The molecule has 0 heterocycles. The molecular weight excluding hydrogens is 281 g/mol. The summed E-state index contributed by atoms with van der Waals surface area (Å²) < 4.78 is 14.4. The average Bonchev–Trinajstić information content (AvgIpc) is 2.32. The fourth-order valence-electron chi connectivity index (χ4n) is 1.63. The predicted molar refractivity (Wildman–Crippen MR) is 71.1 cm³/mol. The van der Waals surface area contributed by atoms with Crippen molar-refractivity contribution in [1.82, 2.24) is 5.32 Å². The van der Waals surface area contributed by atoms with Crippen LogP contribution in [-0.4, -0.2) is 0 Å². The first-order valence-corrected chi connectivity index (χ1v) is 6.23. The van der Waals surface area contributed by atoms with E-state index in [4.69, 9.17) is 0 Å². The van der Waals surface area contributed by atoms with Crippen LogP contribution in [0.4, 0.5) is 4.39 Å². The zero-order valence-corrected chi connectivity index (χ0v) is 10.9. The van der Waals surface area contributed by atoms with Crippen molar-refractivity contribution in [2.45, 2.75) is 13.1 Å². The number of halogens is 2. The largest absolute Gasteiger partial charge is 0.309 e. The first-order chi connectivity index (χ1) is 8.25. The molecule has 0 fully saturated rings. The van der Waals surface area contributed by atoms with Crippen LogP contribution < -0.4 is 5.32 Å². The third-order valence-electron chi connectivity index (χ3n) is 2.49. The Hall–Kier alpha value is -1.19. The zero-order valence-electron chi connectivity index (χ0n) is 9.29. The van der Waals surface area contributed by atoms with Gasteiger partial charge in [-0.1, -0.05) is 46.3 Å². The summed E-state index contributed by atoms with van der Waals surface area (Å²) in [5.41, 5.74) is 1.87. The summed E-state index contributed by atoms with van der Waals surface area (Å²) in [6.07, 6.45) is 0. The van der Waals surface area contributed by atoms with Crippen molar-refractivity contribution < 1.29 is 4.39 Å². The quantitative estimate of drug-likeness (QED) is 0.902. The highest BCUT2D eigenvalue weighted by atomic mass is 79.9. The van der Waals surface area contributed by atoms with E-state index in [1.165, 1.54) is 11.6 Å². The van der Waals surface area contributed by atoms with E-state index < -0.39 is 0 Å². The lowest BCUT2D eigenvalue weighted by atomic mass is 10.2. The van der Waals surface area contributed by atoms with E-state index in [2.05, 4.69) is 21.2 Å². The first-order valence-electron chi connectivity index (χ1n) is 5.44. The Morgan fingerprint density at radius 1 is 1.00 bits per heavy atom. The zero-order chi connectivity index (χ0) is 12.1. The normalized spacial score (nSPS) is 10.5. The lowest BCUT2D eigenvalue weighted by Crippen LogP contribution is -2.13. The van der Waals surface area contributed by atoms with E-state index in [0.717, 1.165) is 11.0 Å². The van der Waals surface area contributed by atoms with Gasteiger partial charge in [0.1, 0.15) is 5.82 Å². The van der Waals surface area contributed by atoms with Gasteiger partial charge in [0.2, 0.25) is 0 Å². The highest BCUT2D eigenvalue weighted by Crippen LogP contribution is 2.12. The van der Waals surface area contributed by atoms with Crippen LogP contribution in [0.5, 0.6) is 0 Å². The molecule has 2 rings (SSSR count). The average molecular weight is 294 g/mol. The van der Waals surface area contributed by atoms with Gasteiger partial charge in [0, 0.05) is 23.1 Å². The van der Waals surface area contributed by atoms with Crippen LogP contribution in [0.25, 0.3) is 0 Å². The molecule has 2 aromatic carbocycles. The summed E-state index contributed by atoms with van der Waals surface area (Å²) >= 11 is 3.42. The van der Waals surface area contributed by atoms with Crippen molar-refractivity contribution in [3.63, 3.8) is 0 Å². The number of benzene rings is 2. The highest BCUT2D eigenvalue weighted by molar-refractivity contribution is 9.10. The summed E-state index contributed by atoms with van der Waals surface area (Å²) in [4.78, 5) is 0. The van der Waals surface area contributed by atoms with Gasteiger partial charge < -0.3 is 5.32 Å². The van der Waals surface area contributed by atoms with Gasteiger partial charge in [-0.15, -0.1) is 0 Å². The molecule has 17 heavy (non-hydrogen) atoms. The molecule has 0 aliphatic heterocycles. The Labute approximate surface area is 109 Å². The van der Waals surface area contributed by atoms with Gasteiger partial charge in [-0.25, -0.2) is 4.39 Å². The summed E-state index contributed by atoms with van der Waals surface area (Å²) in [6, 6.07) is 14.9. The van der Waals surface area contributed by atoms with Crippen molar-refractivity contribution in [2.24, 2.45) is 0 Å². The third kappa shape index (κ3) is 3.65. The Morgan fingerprint density at radius 2 is 1.82 bits per heavy atom. The van der Waals surface area contributed by atoms with Crippen LogP contribution in [0.2, 0.25) is 0 Å². The molecular formula is C14H13BrFN. The van der Waals surface area contributed by atoms with Gasteiger partial charge in [-0.3, -0.25) is 0 Å². The Bertz CT molecular complexity index is 499. The Morgan fingerprint density at radius 3 is 2.59 bits per heavy atom. The minimum atomic E-state index is -0.158. The van der Waals surface area contributed by atoms with E-state index in [1.54, 1.807) is 12.1 Å². The molecule has 88 valence electrons. The van der Waals surface area contributed by atoms with E-state index >= 15 is 0 Å². The minimum absolute atomic E-state index is 0.158. The lowest BCUT2D eigenvalue weighted by molar-refractivity contribution is 0.588. The minimum Gasteiger partial charge on any atom is -0.309 e. The van der Waals surface area contributed by atoms with Crippen molar-refractivity contribution in [3.8, 4) is 0 Å². The van der Waals surface area contributed by atoms with Gasteiger partial charge in [-0.05, 0) is 23.8 Å². The van der Waals surface area contributed by atoms with Crippen LogP contribution in [0.15, 0.2) is 53.0 Å². The van der Waals surface area contributed by atoms with E-state index in [0.29, 0.717) is 12.1 Å². The van der Waals surface area contributed by atoms with Gasteiger partial charge in [0.25, 0.3) is 0 Å². The molecule has 0 atom stereocenters. The number of nitrogens with one attached hydrogen (secondary N) is 1. The standard InChI is InChI=1S/C14H13BrFN/c15-13-6-3-4-11(8-13)9-17-10-12-5-1-2-7-14(12)16/h1-8,17H,9-10H2. The molecule has 0 amide bonds. The summed E-state index contributed by atoms with van der Waals surface area (Å²) in [7, 11) is 0. The van der Waals surface area contributed by atoms with Gasteiger partial charge in [-0.2, -0.15) is 0 Å². The second kappa shape index (κ2) is 5.94. The number of hydrogen-bond acceptors (Lipinski definition) is 1. The molecule has 3 heteroatoms. The highest BCUT2D eigenvalue weighted by Gasteiger charge is 1.99. The molecule has 1 N–H and O–H groups in total. The van der Waals surface area contributed by atoms with Crippen LogP contribution in [0, 0.1) is 5.82 Å². The molecule has 0 aromatic heterocycles. The smallest absolute Gasteiger partial charge is 0.127 e. The fourth-order valence-corrected chi connectivity index (χ4v) is 2.08. The molecule has 1 nitrogen and oxygen atoms in total. The summed E-state index contributed by atoms with van der Waals surface area (Å²) in [6.45, 7) is 1.27. The lowest BCUT2D eigenvalue weighted by Gasteiger charge is -2.06. The maximum atomic E-state index is 13.3. The third-order valence-corrected chi connectivity index (χ3v) is 2.98. The molecule has 0 aliphatic carbocycles. The van der Waals surface area contributed by atoms with Crippen LogP contribution in [0.1, 0.15) is 11.1 Å². The first kappa shape index (κ1) is 12.3. The number of hydrogen-bond donors (Lipinski definition) is 1. The summed E-state index contributed by atoms with van der Waals surface area (Å²) in [5.74, 6) is -0.158. The van der Waals surface area contributed by atoms with Crippen LogP contribution in [0.3, 0.4) is 0 Å². The molecule has 0 saturated heterocycles. The van der Waals surface area contributed by atoms with Gasteiger partial charge >= 0.3 is 0 Å². The maximum Gasteiger partial charge on any atom is 0.127 e. The topological polar surface area (TPSA) is 12.0 Å². The molecule has 2 aromatic rings. The molecule has 0 aliphatic rings. The van der Waals surface area contributed by atoms with Crippen molar-refractivity contribution >= 4 is 15.9 Å². The molecule has 0 saturated carbocycles. The molecule has 0 unspecified atom stereocenters. The van der Waals surface area contributed by atoms with Crippen LogP contribution in [-0.2, 0) is 13.1 Å².